The maximum absolute atomic E-state index is 11.4. The molecule has 0 aromatic heterocycles. The molecular weight excluding hydrogens is 186 g/mol. The molecule has 0 radical (unpaired) electrons. The number of hydrogen-bond acceptors (Lipinski definition) is 2. The molecule has 0 saturated carbocycles. The Labute approximate surface area is 82.0 Å². The lowest BCUT2D eigenvalue weighted by atomic mass is 10.1. The van der Waals surface area contributed by atoms with Gasteiger partial charge in [-0.15, -0.1) is 0 Å². The van der Waals surface area contributed by atoms with Gasteiger partial charge in [-0.05, 0) is 33.1 Å². The number of nitrogens with one attached hydrogen (secondary N) is 1. The van der Waals surface area contributed by atoms with Gasteiger partial charge in [-0.25, -0.2) is 13.1 Å². The summed E-state index contributed by atoms with van der Waals surface area (Å²) in [6.45, 7) is 9.44. The highest BCUT2D eigenvalue weighted by atomic mass is 32.2. The summed E-state index contributed by atoms with van der Waals surface area (Å²) in [5.41, 5.74) is 0. The third-order valence-corrected chi connectivity index (χ3v) is 3.78. The van der Waals surface area contributed by atoms with Crippen LogP contribution in [-0.2, 0) is 10.0 Å². The van der Waals surface area contributed by atoms with Gasteiger partial charge in [0.05, 0.1) is 5.25 Å². The summed E-state index contributed by atoms with van der Waals surface area (Å²) in [7, 11) is -3.09. The van der Waals surface area contributed by atoms with Crippen LogP contribution in [0.25, 0.3) is 0 Å². The minimum absolute atomic E-state index is 0.0346. The van der Waals surface area contributed by atoms with Gasteiger partial charge >= 0.3 is 0 Å². The Balaban J connectivity index is 4.13. The lowest BCUT2D eigenvalue weighted by Gasteiger charge is -2.17. The zero-order valence-corrected chi connectivity index (χ0v) is 9.98. The van der Waals surface area contributed by atoms with Crippen LogP contribution >= 0.6 is 0 Å². The van der Waals surface area contributed by atoms with E-state index in [2.05, 4.69) is 18.6 Å². The summed E-state index contributed by atoms with van der Waals surface area (Å²) < 4.78 is 25.5. The maximum Gasteiger partial charge on any atom is 0.214 e. The molecule has 4 heteroatoms. The zero-order chi connectivity index (χ0) is 10.6. The molecule has 0 unspecified atom stereocenters. The molecule has 0 amide bonds. The average Bonchev–Trinajstić information content (AvgIpc) is 1.82. The molecule has 0 heterocycles. The lowest BCUT2D eigenvalue weighted by molar-refractivity contribution is 0.480. The van der Waals surface area contributed by atoms with Crippen molar-refractivity contribution in [1.29, 1.82) is 0 Å². The SMILES string of the molecule is CC(C)C[C@H](C)NS(=O)(=O)C(C)C. The van der Waals surface area contributed by atoms with Gasteiger partial charge in [-0.2, -0.15) is 0 Å². The fraction of sp³-hybridized carbons (Fsp3) is 1.00. The molecule has 1 atom stereocenters. The Morgan fingerprint density at radius 1 is 1.08 bits per heavy atom. The first-order chi connectivity index (χ1) is 5.75. The van der Waals surface area contributed by atoms with Crippen LogP contribution < -0.4 is 4.72 Å². The third-order valence-electron chi connectivity index (χ3n) is 1.81. The fourth-order valence-corrected chi connectivity index (χ4v) is 2.10. The third kappa shape index (κ3) is 5.26. The zero-order valence-electron chi connectivity index (χ0n) is 9.16. The molecule has 0 saturated heterocycles. The average molecular weight is 207 g/mol. The van der Waals surface area contributed by atoms with Crippen molar-refractivity contribution in [2.24, 2.45) is 5.92 Å². The van der Waals surface area contributed by atoms with Gasteiger partial charge in [0.25, 0.3) is 0 Å². The topological polar surface area (TPSA) is 46.2 Å². The standard InChI is InChI=1S/C9H21NO2S/c1-7(2)6-9(5)10-13(11,12)8(3)4/h7-10H,6H2,1-5H3/t9-/m0/s1. The molecule has 3 nitrogen and oxygen atoms in total. The summed E-state index contributed by atoms with van der Waals surface area (Å²) >= 11 is 0. The fourth-order valence-electron chi connectivity index (χ4n) is 1.17. The quantitative estimate of drug-likeness (QED) is 0.746. The predicted molar refractivity (Wildman–Crippen MR) is 56.1 cm³/mol. The minimum atomic E-state index is -3.09. The van der Waals surface area contributed by atoms with Crippen molar-refractivity contribution in [3.63, 3.8) is 0 Å². The number of sulfonamides is 1. The molecular formula is C9H21NO2S. The summed E-state index contributed by atoms with van der Waals surface area (Å²) in [4.78, 5) is 0. The monoisotopic (exact) mass is 207 g/mol. The molecule has 13 heavy (non-hydrogen) atoms. The van der Waals surface area contributed by atoms with Crippen LogP contribution in [0.2, 0.25) is 0 Å². The smallest absolute Gasteiger partial charge is 0.212 e. The number of hydrogen-bond donors (Lipinski definition) is 1. The van der Waals surface area contributed by atoms with Gasteiger partial charge in [0.1, 0.15) is 0 Å². The second-order valence-corrected chi connectivity index (χ2v) is 6.51. The Kier molecular flexibility index (Phi) is 4.92. The van der Waals surface area contributed by atoms with E-state index in [1.54, 1.807) is 13.8 Å². The van der Waals surface area contributed by atoms with Crippen LogP contribution in [0.15, 0.2) is 0 Å². The van der Waals surface area contributed by atoms with Gasteiger partial charge in [0.15, 0.2) is 0 Å². The van der Waals surface area contributed by atoms with E-state index in [4.69, 9.17) is 0 Å². The van der Waals surface area contributed by atoms with Crippen molar-refractivity contribution in [1.82, 2.24) is 4.72 Å². The molecule has 0 aromatic carbocycles. The van der Waals surface area contributed by atoms with E-state index in [1.165, 1.54) is 0 Å². The molecule has 0 rings (SSSR count). The first kappa shape index (κ1) is 12.9. The molecule has 0 bridgehead atoms. The van der Waals surface area contributed by atoms with Crippen molar-refractivity contribution >= 4 is 10.0 Å². The first-order valence-electron chi connectivity index (χ1n) is 4.77. The Hall–Kier alpha value is -0.0900. The van der Waals surface area contributed by atoms with Crippen LogP contribution in [0.1, 0.15) is 41.0 Å². The normalized spacial score (nSPS) is 15.3. The lowest BCUT2D eigenvalue weighted by Crippen LogP contribution is -2.37. The Morgan fingerprint density at radius 3 is 1.85 bits per heavy atom. The Bertz CT molecular complexity index is 232. The van der Waals surface area contributed by atoms with E-state index in [1.807, 2.05) is 6.92 Å². The molecule has 1 N–H and O–H groups in total. The van der Waals surface area contributed by atoms with Crippen LogP contribution in [-0.4, -0.2) is 19.7 Å². The van der Waals surface area contributed by atoms with E-state index in [0.717, 1.165) is 6.42 Å². The molecule has 0 aliphatic carbocycles. The van der Waals surface area contributed by atoms with E-state index >= 15 is 0 Å². The van der Waals surface area contributed by atoms with Gasteiger partial charge in [-0.3, -0.25) is 0 Å². The van der Waals surface area contributed by atoms with E-state index in [0.29, 0.717) is 5.92 Å². The second-order valence-electron chi connectivity index (χ2n) is 4.24. The molecule has 80 valence electrons. The largest absolute Gasteiger partial charge is 0.214 e. The highest BCUT2D eigenvalue weighted by Crippen LogP contribution is 2.06. The van der Waals surface area contributed by atoms with Crippen molar-refractivity contribution in [3.05, 3.63) is 0 Å². The van der Waals surface area contributed by atoms with Crippen LogP contribution in [0.5, 0.6) is 0 Å². The van der Waals surface area contributed by atoms with Gasteiger partial charge in [0, 0.05) is 6.04 Å². The molecule has 0 fully saturated rings. The van der Waals surface area contributed by atoms with Crippen LogP contribution in [0.3, 0.4) is 0 Å². The molecule has 0 aliphatic heterocycles. The van der Waals surface area contributed by atoms with Crippen molar-refractivity contribution in [3.8, 4) is 0 Å². The Morgan fingerprint density at radius 2 is 1.54 bits per heavy atom. The first-order valence-corrected chi connectivity index (χ1v) is 6.31. The molecule has 0 aromatic rings. The van der Waals surface area contributed by atoms with Gasteiger partial charge in [0.2, 0.25) is 10.0 Å². The van der Waals surface area contributed by atoms with Gasteiger partial charge < -0.3 is 0 Å². The van der Waals surface area contributed by atoms with E-state index in [9.17, 15) is 8.42 Å². The molecule has 0 aliphatic rings. The highest BCUT2D eigenvalue weighted by molar-refractivity contribution is 7.90. The van der Waals surface area contributed by atoms with Crippen molar-refractivity contribution < 1.29 is 8.42 Å². The maximum atomic E-state index is 11.4. The van der Waals surface area contributed by atoms with Crippen molar-refractivity contribution in [2.75, 3.05) is 0 Å². The summed E-state index contributed by atoms with van der Waals surface area (Å²) in [5.74, 6) is 0.518. The van der Waals surface area contributed by atoms with E-state index < -0.39 is 10.0 Å². The second kappa shape index (κ2) is 4.96. The van der Waals surface area contributed by atoms with Crippen LogP contribution in [0, 0.1) is 5.92 Å². The number of rotatable bonds is 5. The minimum Gasteiger partial charge on any atom is -0.212 e. The van der Waals surface area contributed by atoms with Crippen LogP contribution in [0.4, 0.5) is 0 Å². The predicted octanol–water partition coefficient (Wildman–Crippen LogP) is 1.75. The molecule has 0 spiro atoms. The summed E-state index contributed by atoms with van der Waals surface area (Å²) in [6.07, 6.45) is 0.881. The highest BCUT2D eigenvalue weighted by Gasteiger charge is 2.18. The summed E-state index contributed by atoms with van der Waals surface area (Å²) in [6, 6.07) is 0.0346. The van der Waals surface area contributed by atoms with Crippen molar-refractivity contribution in [2.45, 2.75) is 52.3 Å². The summed E-state index contributed by atoms with van der Waals surface area (Å²) in [5, 5.41) is -0.345. The van der Waals surface area contributed by atoms with E-state index in [-0.39, 0.29) is 11.3 Å². The van der Waals surface area contributed by atoms with Gasteiger partial charge in [-0.1, -0.05) is 13.8 Å².